The number of hydrogen-bond donors (Lipinski definition) is 9. The van der Waals surface area contributed by atoms with Crippen LogP contribution in [0.1, 0.15) is 37.7 Å². The summed E-state index contributed by atoms with van der Waals surface area (Å²) in [6.45, 7) is 3.14. The smallest absolute Gasteiger partial charge is 0.305 e. The molecule has 1 fully saturated rings. The van der Waals surface area contributed by atoms with E-state index in [2.05, 4.69) is 38.5 Å². The van der Waals surface area contributed by atoms with Crippen molar-refractivity contribution >= 4 is 41.5 Å². The van der Waals surface area contributed by atoms with Gasteiger partial charge in [0, 0.05) is 19.4 Å². The number of benzene rings is 1. The van der Waals surface area contributed by atoms with Crippen molar-refractivity contribution in [2.45, 2.75) is 62.7 Å². The van der Waals surface area contributed by atoms with Crippen molar-refractivity contribution < 1.29 is 43.8 Å². The number of carbonyl (C=O) groups excluding carboxylic acids is 5. The molecule has 16 heteroatoms. The predicted octanol–water partition coefficient (Wildman–Crippen LogP) is -2.56. The van der Waals surface area contributed by atoms with Gasteiger partial charge in [-0.3, -0.25) is 33.6 Å². The summed E-state index contributed by atoms with van der Waals surface area (Å²) < 4.78 is 0. The molecule has 0 aromatic heterocycles. The van der Waals surface area contributed by atoms with Crippen molar-refractivity contribution in [1.29, 1.82) is 0 Å². The molecule has 0 bridgehead atoms. The van der Waals surface area contributed by atoms with Gasteiger partial charge in [0.05, 0.1) is 18.8 Å². The molecule has 1 aliphatic rings. The monoisotopic (exact) mass is 603 g/mol. The van der Waals surface area contributed by atoms with Crippen molar-refractivity contribution in [2.75, 3.05) is 13.1 Å². The second kappa shape index (κ2) is 17.0. The minimum atomic E-state index is -1.60. The largest absolute Gasteiger partial charge is 0.481 e. The number of nitrogens with two attached hydrogens (primary N) is 1. The minimum Gasteiger partial charge on any atom is -0.481 e. The molecule has 5 amide bonds. The molecule has 1 aromatic carbocycles. The van der Waals surface area contributed by atoms with Gasteiger partial charge in [0.1, 0.15) is 24.2 Å². The zero-order valence-electron chi connectivity index (χ0n) is 23.4. The average Bonchev–Trinajstić information content (AvgIpc) is 2.94. The van der Waals surface area contributed by atoms with E-state index in [1.54, 1.807) is 30.3 Å². The van der Waals surface area contributed by atoms with Crippen molar-refractivity contribution in [3.63, 3.8) is 0 Å². The molecule has 1 unspecified atom stereocenters. The number of aliphatic carboxylic acids is 2. The fourth-order valence-corrected chi connectivity index (χ4v) is 4.16. The third-order valence-corrected chi connectivity index (χ3v) is 6.30. The Bertz CT molecular complexity index is 1210. The standard InChI is InChI=1S/C27H37N7O9/c1-15(28)29-11-5-8-17-24(40)30-14-21(35)31-20(13-23(38)39)27(43)34-19(12-16-6-3-2-4-7-16)26(42)33-18(25(41)32-17)9-10-22(36)37/h2-4,6-7,17-20,29H,1,5,8-14,28H2,(H,30,40)(H,31,35)(H,32,41)(H,33,42)(H,34,43)(H,36,37)(H,38,39)/t17-,18-,19?,20-/m0/s1. The maximum Gasteiger partial charge on any atom is 0.305 e. The summed E-state index contributed by atoms with van der Waals surface area (Å²) in [6.07, 6.45) is -1.39. The van der Waals surface area contributed by atoms with E-state index in [9.17, 15) is 43.8 Å². The van der Waals surface area contributed by atoms with Crippen LogP contribution in [0.4, 0.5) is 0 Å². The number of carbonyl (C=O) groups is 7. The molecule has 2 rings (SSSR count). The minimum absolute atomic E-state index is 0.0530. The Morgan fingerprint density at radius 3 is 2.00 bits per heavy atom. The Balaban J connectivity index is 2.44. The molecular formula is C27H37N7O9. The van der Waals surface area contributed by atoms with Crippen LogP contribution in [0.3, 0.4) is 0 Å². The third-order valence-electron chi connectivity index (χ3n) is 6.30. The molecular weight excluding hydrogens is 566 g/mol. The number of nitrogens with one attached hydrogen (secondary N) is 6. The highest BCUT2D eigenvalue weighted by molar-refractivity contribution is 5.98. The first-order valence-electron chi connectivity index (χ1n) is 13.5. The van der Waals surface area contributed by atoms with Gasteiger partial charge in [-0.2, -0.15) is 0 Å². The predicted molar refractivity (Wildman–Crippen MR) is 151 cm³/mol. The lowest BCUT2D eigenvalue weighted by Gasteiger charge is -2.25. The molecule has 1 heterocycles. The lowest BCUT2D eigenvalue weighted by molar-refractivity contribution is -0.141. The van der Waals surface area contributed by atoms with E-state index in [0.29, 0.717) is 18.5 Å². The number of hydrogen-bond acceptors (Lipinski definition) is 9. The highest BCUT2D eigenvalue weighted by Gasteiger charge is 2.33. The van der Waals surface area contributed by atoms with E-state index >= 15 is 0 Å². The molecule has 1 aliphatic heterocycles. The topological polar surface area (TPSA) is 258 Å². The van der Waals surface area contributed by atoms with Crippen LogP contribution in [0.5, 0.6) is 0 Å². The first-order valence-corrected chi connectivity index (χ1v) is 13.5. The van der Waals surface area contributed by atoms with Crippen LogP contribution in [0.2, 0.25) is 0 Å². The van der Waals surface area contributed by atoms with Gasteiger partial charge in [-0.25, -0.2) is 0 Å². The summed E-state index contributed by atoms with van der Waals surface area (Å²) in [7, 11) is 0. The maximum atomic E-state index is 13.5. The second-order valence-electron chi connectivity index (χ2n) is 9.84. The average molecular weight is 604 g/mol. The van der Waals surface area contributed by atoms with Crippen LogP contribution >= 0.6 is 0 Å². The Hall–Kier alpha value is -5.15. The molecule has 0 spiro atoms. The highest BCUT2D eigenvalue weighted by atomic mass is 16.4. The van der Waals surface area contributed by atoms with Crippen LogP contribution in [-0.4, -0.2) is 88.9 Å². The van der Waals surface area contributed by atoms with Gasteiger partial charge in [-0.15, -0.1) is 0 Å². The highest BCUT2D eigenvalue weighted by Crippen LogP contribution is 2.08. The lowest BCUT2D eigenvalue weighted by atomic mass is 10.0. The summed E-state index contributed by atoms with van der Waals surface area (Å²) in [5.74, 6) is -6.87. The summed E-state index contributed by atoms with van der Waals surface area (Å²) in [5, 5.41) is 33.3. The van der Waals surface area contributed by atoms with Gasteiger partial charge in [-0.05, 0) is 24.8 Å². The fraction of sp³-hybridized carbons (Fsp3) is 0.444. The van der Waals surface area contributed by atoms with E-state index in [1.807, 2.05) is 0 Å². The van der Waals surface area contributed by atoms with Gasteiger partial charge in [0.15, 0.2) is 0 Å². The van der Waals surface area contributed by atoms with Gasteiger partial charge in [-0.1, -0.05) is 36.9 Å². The molecule has 10 N–H and O–H groups in total. The Morgan fingerprint density at radius 1 is 0.814 bits per heavy atom. The molecule has 1 aromatic rings. The first kappa shape index (κ1) is 34.1. The van der Waals surface area contributed by atoms with Gasteiger partial charge >= 0.3 is 11.9 Å². The van der Waals surface area contributed by atoms with Crippen LogP contribution in [-0.2, 0) is 40.0 Å². The molecule has 0 saturated carbocycles. The van der Waals surface area contributed by atoms with E-state index in [4.69, 9.17) is 5.73 Å². The summed E-state index contributed by atoms with van der Waals surface area (Å²) >= 11 is 0. The Kier molecular flexibility index (Phi) is 13.4. The van der Waals surface area contributed by atoms with Crippen LogP contribution in [0.15, 0.2) is 42.7 Å². The SMILES string of the molecule is C=C(N)NCCC[C@@H]1NC(=O)[C@H](CCC(=O)O)NC(=O)C(Cc2ccccc2)NC(=O)[C@H](CC(=O)O)NC(=O)CNC1=O. The third kappa shape index (κ3) is 12.5. The summed E-state index contributed by atoms with van der Waals surface area (Å²) in [4.78, 5) is 88.2. The molecule has 43 heavy (non-hydrogen) atoms. The number of carboxylic acid groups (broad SMARTS) is 2. The second-order valence-corrected chi connectivity index (χ2v) is 9.84. The van der Waals surface area contributed by atoms with Crippen LogP contribution in [0, 0.1) is 0 Å². The zero-order chi connectivity index (χ0) is 31.9. The maximum absolute atomic E-state index is 13.5. The summed E-state index contributed by atoms with van der Waals surface area (Å²) in [6, 6.07) is 2.90. The van der Waals surface area contributed by atoms with Crippen LogP contribution in [0.25, 0.3) is 0 Å². The molecule has 4 atom stereocenters. The zero-order valence-corrected chi connectivity index (χ0v) is 23.4. The molecule has 0 radical (unpaired) electrons. The molecule has 16 nitrogen and oxygen atoms in total. The van der Waals surface area contributed by atoms with Gasteiger partial charge < -0.3 is 47.8 Å². The van der Waals surface area contributed by atoms with Crippen molar-refractivity contribution in [3.8, 4) is 0 Å². The number of amides is 5. The molecule has 234 valence electrons. The van der Waals surface area contributed by atoms with Crippen LogP contribution < -0.4 is 37.6 Å². The van der Waals surface area contributed by atoms with E-state index in [1.165, 1.54) is 0 Å². The molecule has 0 aliphatic carbocycles. The fourth-order valence-electron chi connectivity index (χ4n) is 4.16. The van der Waals surface area contributed by atoms with E-state index < -0.39 is 85.0 Å². The van der Waals surface area contributed by atoms with E-state index in [-0.39, 0.29) is 25.1 Å². The Labute approximate surface area is 247 Å². The van der Waals surface area contributed by atoms with Crippen molar-refractivity contribution in [2.24, 2.45) is 5.73 Å². The quantitative estimate of drug-likeness (QED) is 0.112. The van der Waals surface area contributed by atoms with Crippen molar-refractivity contribution in [3.05, 3.63) is 48.3 Å². The van der Waals surface area contributed by atoms with Gasteiger partial charge in [0.2, 0.25) is 29.5 Å². The summed E-state index contributed by atoms with van der Waals surface area (Å²) in [5.41, 5.74) is 6.09. The Morgan fingerprint density at radius 2 is 1.40 bits per heavy atom. The lowest BCUT2D eigenvalue weighted by Crippen LogP contribution is -2.58. The van der Waals surface area contributed by atoms with Crippen molar-refractivity contribution in [1.82, 2.24) is 31.9 Å². The number of rotatable bonds is 12. The number of carboxylic acids is 2. The normalized spacial score (nSPS) is 21.9. The molecule has 1 saturated heterocycles. The van der Waals surface area contributed by atoms with Gasteiger partial charge in [0.25, 0.3) is 0 Å². The van der Waals surface area contributed by atoms with E-state index in [0.717, 1.165) is 0 Å². The first-order chi connectivity index (χ1) is 20.3.